The van der Waals surface area contributed by atoms with Crippen molar-refractivity contribution in [1.29, 1.82) is 0 Å². The smallest absolute Gasteiger partial charge is 0.226 e. The highest BCUT2D eigenvalue weighted by molar-refractivity contribution is 5.65. The number of nitrogens with zero attached hydrogens (tertiary/aromatic N) is 1. The maximum Gasteiger partial charge on any atom is 0.226 e. The van der Waals surface area contributed by atoms with Gasteiger partial charge in [0.05, 0.1) is 19.0 Å². The molecule has 2 rings (SSSR count). The van der Waals surface area contributed by atoms with Gasteiger partial charge in [-0.3, -0.25) is 0 Å². The molecule has 2 N–H and O–H groups in total. The highest BCUT2D eigenvalue weighted by Gasteiger charge is 2.10. The molecule has 0 amide bonds. The number of hydrogen-bond acceptors (Lipinski definition) is 4. The van der Waals surface area contributed by atoms with Crippen LogP contribution in [0.1, 0.15) is 25.5 Å². The number of anilines is 1. The Morgan fingerprint density at radius 3 is 2.65 bits per heavy atom. The average molecular weight is 232 g/mol. The quantitative estimate of drug-likeness (QED) is 0.826. The van der Waals surface area contributed by atoms with Crippen molar-refractivity contribution >= 4 is 5.69 Å². The summed E-state index contributed by atoms with van der Waals surface area (Å²) in [5.74, 6) is 2.44. The molecule has 0 unspecified atom stereocenters. The van der Waals surface area contributed by atoms with Gasteiger partial charge in [0.1, 0.15) is 11.5 Å². The maximum absolute atomic E-state index is 5.84. The van der Waals surface area contributed by atoms with Crippen molar-refractivity contribution in [3.05, 3.63) is 30.2 Å². The molecule has 0 atom stereocenters. The zero-order valence-electron chi connectivity index (χ0n) is 10.2. The third kappa shape index (κ3) is 2.25. The molecule has 4 heteroatoms. The zero-order chi connectivity index (χ0) is 12.4. The van der Waals surface area contributed by atoms with E-state index in [0.29, 0.717) is 23.2 Å². The van der Waals surface area contributed by atoms with E-state index in [1.54, 1.807) is 19.4 Å². The van der Waals surface area contributed by atoms with Crippen molar-refractivity contribution < 1.29 is 9.15 Å². The second kappa shape index (κ2) is 4.49. The lowest BCUT2D eigenvalue weighted by Crippen LogP contribution is -1.92. The van der Waals surface area contributed by atoms with Gasteiger partial charge in [0.25, 0.3) is 0 Å². The molecule has 0 aliphatic heterocycles. The molecule has 0 radical (unpaired) electrons. The molecule has 2 aromatic rings. The summed E-state index contributed by atoms with van der Waals surface area (Å²) in [6.45, 7) is 4.12. The molecule has 17 heavy (non-hydrogen) atoms. The molecule has 0 saturated heterocycles. The minimum absolute atomic E-state index is 0.326. The molecule has 1 aromatic carbocycles. The molecular formula is C13H16N2O2. The number of hydrogen-bond donors (Lipinski definition) is 1. The minimum atomic E-state index is 0.326. The Bertz CT molecular complexity index is 518. The van der Waals surface area contributed by atoms with E-state index < -0.39 is 0 Å². The predicted molar refractivity (Wildman–Crippen MR) is 67.0 cm³/mol. The van der Waals surface area contributed by atoms with Crippen LogP contribution in [0.3, 0.4) is 0 Å². The van der Waals surface area contributed by atoms with E-state index in [1.807, 2.05) is 12.1 Å². The average Bonchev–Trinajstić information content (AvgIpc) is 2.78. The van der Waals surface area contributed by atoms with Crippen molar-refractivity contribution in [2.24, 2.45) is 0 Å². The lowest BCUT2D eigenvalue weighted by molar-refractivity contribution is 0.417. The molecular weight excluding hydrogens is 216 g/mol. The van der Waals surface area contributed by atoms with Crippen LogP contribution in [0.25, 0.3) is 11.5 Å². The van der Waals surface area contributed by atoms with Gasteiger partial charge in [-0.2, -0.15) is 0 Å². The predicted octanol–water partition coefficient (Wildman–Crippen LogP) is 3.06. The van der Waals surface area contributed by atoms with E-state index in [0.717, 1.165) is 11.3 Å². The Morgan fingerprint density at radius 1 is 1.35 bits per heavy atom. The van der Waals surface area contributed by atoms with Crippen molar-refractivity contribution in [3.63, 3.8) is 0 Å². The molecule has 4 nitrogen and oxygen atoms in total. The number of ether oxygens (including phenoxy) is 1. The molecule has 1 heterocycles. The lowest BCUT2D eigenvalue weighted by atomic mass is 10.2. The van der Waals surface area contributed by atoms with Crippen LogP contribution in [-0.2, 0) is 0 Å². The molecule has 90 valence electrons. The van der Waals surface area contributed by atoms with E-state index in [1.165, 1.54) is 0 Å². The Kier molecular flexibility index (Phi) is 3.04. The van der Waals surface area contributed by atoms with Gasteiger partial charge in [-0.25, -0.2) is 4.98 Å². The molecule has 1 aromatic heterocycles. The first kappa shape index (κ1) is 11.5. The van der Waals surface area contributed by atoms with Crippen molar-refractivity contribution in [1.82, 2.24) is 4.98 Å². The number of nitrogens with two attached hydrogens (primary N) is 1. The van der Waals surface area contributed by atoms with Gasteiger partial charge in [0.15, 0.2) is 0 Å². The van der Waals surface area contributed by atoms with Crippen LogP contribution in [0.4, 0.5) is 5.69 Å². The van der Waals surface area contributed by atoms with E-state index in [9.17, 15) is 0 Å². The minimum Gasteiger partial charge on any atom is -0.495 e. The lowest BCUT2D eigenvalue weighted by Gasteiger charge is -2.05. The summed E-state index contributed by atoms with van der Waals surface area (Å²) in [6.07, 6.45) is 1.75. The van der Waals surface area contributed by atoms with Crippen LogP contribution < -0.4 is 10.5 Å². The summed E-state index contributed by atoms with van der Waals surface area (Å²) in [4.78, 5) is 4.24. The summed E-state index contributed by atoms with van der Waals surface area (Å²) in [6, 6.07) is 5.49. The number of oxazole rings is 1. The van der Waals surface area contributed by atoms with Crippen LogP contribution in [0.2, 0.25) is 0 Å². The van der Waals surface area contributed by atoms with Gasteiger partial charge in [-0.1, -0.05) is 13.8 Å². The zero-order valence-corrected chi connectivity index (χ0v) is 10.2. The third-order valence-corrected chi connectivity index (χ3v) is 2.57. The second-order valence-electron chi connectivity index (χ2n) is 4.18. The van der Waals surface area contributed by atoms with E-state index in [-0.39, 0.29) is 0 Å². The maximum atomic E-state index is 5.84. The standard InChI is InChI=1S/C13H16N2O2/c1-8(2)12-7-15-13(17-12)9-4-5-11(16-3)10(14)6-9/h4-8H,14H2,1-3H3. The number of aromatic nitrogens is 1. The number of rotatable bonds is 3. The second-order valence-corrected chi connectivity index (χ2v) is 4.18. The largest absolute Gasteiger partial charge is 0.495 e. The van der Waals surface area contributed by atoms with Gasteiger partial charge >= 0.3 is 0 Å². The SMILES string of the molecule is COc1ccc(-c2ncc(C(C)C)o2)cc1N. The first-order valence-corrected chi connectivity index (χ1v) is 5.51. The summed E-state index contributed by atoms with van der Waals surface area (Å²) >= 11 is 0. The van der Waals surface area contributed by atoms with Crippen LogP contribution >= 0.6 is 0 Å². The van der Waals surface area contributed by atoms with Gasteiger partial charge in [-0.15, -0.1) is 0 Å². The fraction of sp³-hybridized carbons (Fsp3) is 0.308. The molecule has 0 bridgehead atoms. The number of benzene rings is 1. The summed E-state index contributed by atoms with van der Waals surface area (Å²) < 4.78 is 10.8. The normalized spacial score (nSPS) is 10.8. The van der Waals surface area contributed by atoms with E-state index in [4.69, 9.17) is 14.9 Å². The Hall–Kier alpha value is -1.97. The Balaban J connectivity index is 2.36. The third-order valence-electron chi connectivity index (χ3n) is 2.57. The Labute approximate surface area is 100 Å². The molecule has 0 fully saturated rings. The van der Waals surface area contributed by atoms with Crippen molar-refractivity contribution in [3.8, 4) is 17.2 Å². The van der Waals surface area contributed by atoms with Gasteiger partial charge in [0.2, 0.25) is 5.89 Å². The van der Waals surface area contributed by atoms with E-state index >= 15 is 0 Å². The first-order chi connectivity index (χ1) is 8.11. The summed E-state index contributed by atoms with van der Waals surface area (Å²) in [7, 11) is 1.59. The number of methoxy groups -OCH3 is 1. The topological polar surface area (TPSA) is 61.3 Å². The van der Waals surface area contributed by atoms with Crippen molar-refractivity contribution in [2.75, 3.05) is 12.8 Å². The van der Waals surface area contributed by atoms with Gasteiger partial charge in [-0.05, 0) is 18.2 Å². The van der Waals surface area contributed by atoms with Crippen LogP contribution in [0.5, 0.6) is 5.75 Å². The van der Waals surface area contributed by atoms with Crippen LogP contribution in [0.15, 0.2) is 28.8 Å². The highest BCUT2D eigenvalue weighted by Crippen LogP contribution is 2.29. The Morgan fingerprint density at radius 2 is 2.12 bits per heavy atom. The van der Waals surface area contributed by atoms with Crippen LogP contribution in [0, 0.1) is 0 Å². The highest BCUT2D eigenvalue weighted by atomic mass is 16.5. The molecule has 0 saturated carbocycles. The van der Waals surface area contributed by atoms with Gasteiger partial charge in [0, 0.05) is 11.5 Å². The first-order valence-electron chi connectivity index (χ1n) is 5.51. The summed E-state index contributed by atoms with van der Waals surface area (Å²) in [5.41, 5.74) is 7.28. The van der Waals surface area contributed by atoms with Crippen molar-refractivity contribution in [2.45, 2.75) is 19.8 Å². The number of nitrogen functional groups attached to an aromatic ring is 1. The fourth-order valence-corrected chi connectivity index (χ4v) is 1.55. The molecule has 0 aliphatic rings. The molecule has 0 aliphatic carbocycles. The monoisotopic (exact) mass is 232 g/mol. The fourth-order valence-electron chi connectivity index (χ4n) is 1.55. The summed E-state index contributed by atoms with van der Waals surface area (Å²) in [5, 5.41) is 0. The van der Waals surface area contributed by atoms with Gasteiger partial charge < -0.3 is 14.9 Å². The van der Waals surface area contributed by atoms with E-state index in [2.05, 4.69) is 18.8 Å². The van der Waals surface area contributed by atoms with Crippen LogP contribution in [-0.4, -0.2) is 12.1 Å². The molecule has 0 spiro atoms.